The lowest BCUT2D eigenvalue weighted by Gasteiger charge is -2.11. The minimum atomic E-state index is -0.488. The van der Waals surface area contributed by atoms with Gasteiger partial charge in [-0.05, 0) is 37.3 Å². The summed E-state index contributed by atoms with van der Waals surface area (Å²) >= 11 is 1.56. The highest BCUT2D eigenvalue weighted by Crippen LogP contribution is 2.35. The van der Waals surface area contributed by atoms with Gasteiger partial charge in [0.2, 0.25) is 5.91 Å². The molecule has 1 aliphatic carbocycles. The summed E-state index contributed by atoms with van der Waals surface area (Å²) in [5.74, 6) is 0.911. The Balaban J connectivity index is 1.36. The van der Waals surface area contributed by atoms with Crippen LogP contribution in [0.1, 0.15) is 34.7 Å². The Labute approximate surface area is 193 Å². The van der Waals surface area contributed by atoms with Crippen LogP contribution in [0.3, 0.4) is 0 Å². The number of rotatable bonds is 9. The first-order valence-electron chi connectivity index (χ1n) is 10.6. The lowest BCUT2D eigenvalue weighted by Crippen LogP contribution is -2.26. The van der Waals surface area contributed by atoms with Crippen LogP contribution >= 0.6 is 11.3 Å². The molecule has 0 saturated heterocycles. The molecule has 1 aliphatic rings. The molecule has 0 bridgehead atoms. The van der Waals surface area contributed by atoms with E-state index in [0.29, 0.717) is 28.9 Å². The van der Waals surface area contributed by atoms with Crippen LogP contribution in [0.2, 0.25) is 0 Å². The van der Waals surface area contributed by atoms with Crippen molar-refractivity contribution in [2.75, 3.05) is 20.8 Å². The number of nitro groups is 1. The minimum absolute atomic E-state index is 0.0974. The Bertz CT molecular complexity index is 1280. The van der Waals surface area contributed by atoms with Crippen LogP contribution in [0, 0.1) is 10.1 Å². The molecule has 10 nitrogen and oxygen atoms in total. The van der Waals surface area contributed by atoms with Crippen molar-refractivity contribution in [1.82, 2.24) is 15.3 Å². The van der Waals surface area contributed by atoms with Gasteiger partial charge in [0.15, 0.2) is 11.5 Å². The van der Waals surface area contributed by atoms with Crippen molar-refractivity contribution in [3.63, 3.8) is 0 Å². The Hall–Kier alpha value is -3.47. The average Bonchev–Trinajstić information content (AvgIpc) is 3.38. The van der Waals surface area contributed by atoms with Gasteiger partial charge in [0.1, 0.15) is 10.7 Å². The van der Waals surface area contributed by atoms with Crippen LogP contribution in [0.15, 0.2) is 16.9 Å². The predicted octanol–water partition coefficient (Wildman–Crippen LogP) is 2.69. The molecule has 0 unspecified atom stereocenters. The molecule has 2 N–H and O–H groups in total. The van der Waals surface area contributed by atoms with Gasteiger partial charge in [-0.3, -0.25) is 19.7 Å². The smallest absolute Gasteiger partial charge is 0.276 e. The number of carbonyl (C=O) groups excluding carboxylic acids is 1. The van der Waals surface area contributed by atoms with Gasteiger partial charge in [0.25, 0.3) is 11.2 Å². The number of amides is 1. The number of ether oxygens (including phenoxy) is 2. The number of aromatic nitrogens is 2. The van der Waals surface area contributed by atoms with Crippen molar-refractivity contribution < 1.29 is 19.2 Å². The van der Waals surface area contributed by atoms with E-state index in [9.17, 15) is 19.7 Å². The summed E-state index contributed by atoms with van der Waals surface area (Å²) < 4.78 is 10.3. The normalized spacial score (nSPS) is 12.5. The quantitative estimate of drug-likeness (QED) is 0.361. The summed E-state index contributed by atoms with van der Waals surface area (Å²) in [4.78, 5) is 45.1. The van der Waals surface area contributed by atoms with Crippen molar-refractivity contribution in [3.8, 4) is 11.5 Å². The van der Waals surface area contributed by atoms with Crippen LogP contribution in [-0.2, 0) is 30.5 Å². The molecule has 174 valence electrons. The Morgan fingerprint density at radius 1 is 1.24 bits per heavy atom. The Morgan fingerprint density at radius 3 is 2.73 bits per heavy atom. The highest BCUT2D eigenvalue weighted by Gasteiger charge is 2.22. The van der Waals surface area contributed by atoms with Crippen LogP contribution in [0.5, 0.6) is 11.5 Å². The summed E-state index contributed by atoms with van der Waals surface area (Å²) in [7, 11) is 2.86. The number of fused-ring (bicyclic) bond motifs is 3. The molecule has 0 aliphatic heterocycles. The summed E-state index contributed by atoms with van der Waals surface area (Å²) in [5.41, 5.74) is 1.31. The highest BCUT2D eigenvalue weighted by molar-refractivity contribution is 7.18. The number of H-pyrrole nitrogens is 1. The summed E-state index contributed by atoms with van der Waals surface area (Å²) in [6, 6.07) is 2.86. The summed E-state index contributed by atoms with van der Waals surface area (Å²) in [6.07, 6.45) is 3.69. The number of nitrogens with zero attached hydrogens (tertiary/aromatic N) is 2. The molecule has 1 amide bonds. The third-order valence-corrected chi connectivity index (χ3v) is 6.90. The number of aromatic amines is 1. The van der Waals surface area contributed by atoms with Crippen molar-refractivity contribution in [2.24, 2.45) is 0 Å². The molecule has 3 aromatic rings. The lowest BCUT2D eigenvalue weighted by atomic mass is 10.1. The maximum Gasteiger partial charge on any atom is 0.276 e. The van der Waals surface area contributed by atoms with Gasteiger partial charge >= 0.3 is 0 Å². The number of carbonyl (C=O) groups is 1. The fourth-order valence-corrected chi connectivity index (χ4v) is 5.38. The molecule has 0 radical (unpaired) electrons. The number of aryl methyl sites for hydroxylation is 3. The zero-order valence-corrected chi connectivity index (χ0v) is 19.2. The second-order valence-electron chi connectivity index (χ2n) is 7.74. The van der Waals surface area contributed by atoms with E-state index in [1.165, 1.54) is 25.2 Å². The molecule has 1 aromatic carbocycles. The van der Waals surface area contributed by atoms with E-state index in [4.69, 9.17) is 9.47 Å². The maximum atomic E-state index is 12.5. The third-order valence-electron chi connectivity index (χ3n) is 5.71. The van der Waals surface area contributed by atoms with Gasteiger partial charge in [-0.25, -0.2) is 4.98 Å². The molecule has 2 heterocycles. The van der Waals surface area contributed by atoms with Gasteiger partial charge in [0.05, 0.1) is 30.6 Å². The summed E-state index contributed by atoms with van der Waals surface area (Å²) in [5, 5.41) is 14.9. The zero-order chi connectivity index (χ0) is 23.5. The fourth-order valence-electron chi connectivity index (χ4n) is 4.10. The van der Waals surface area contributed by atoms with Crippen molar-refractivity contribution >= 4 is 33.1 Å². The maximum absolute atomic E-state index is 12.5. The molecule has 0 spiro atoms. The van der Waals surface area contributed by atoms with Crippen molar-refractivity contribution in [2.45, 2.75) is 38.5 Å². The van der Waals surface area contributed by atoms with Crippen LogP contribution in [-0.4, -0.2) is 41.6 Å². The second kappa shape index (κ2) is 9.57. The Morgan fingerprint density at radius 2 is 2.00 bits per heavy atom. The van der Waals surface area contributed by atoms with Gasteiger partial charge in [0, 0.05) is 29.8 Å². The average molecular weight is 473 g/mol. The number of hydrogen-bond acceptors (Lipinski definition) is 8. The van der Waals surface area contributed by atoms with Crippen molar-refractivity contribution in [1.29, 1.82) is 0 Å². The van der Waals surface area contributed by atoms with Gasteiger partial charge in [-0.15, -0.1) is 11.3 Å². The lowest BCUT2D eigenvalue weighted by molar-refractivity contribution is -0.385. The van der Waals surface area contributed by atoms with E-state index in [2.05, 4.69) is 15.3 Å². The molecule has 11 heteroatoms. The van der Waals surface area contributed by atoms with Crippen LogP contribution in [0.25, 0.3) is 10.2 Å². The van der Waals surface area contributed by atoms with Gasteiger partial charge in [-0.2, -0.15) is 0 Å². The first-order chi connectivity index (χ1) is 15.9. The van der Waals surface area contributed by atoms with E-state index < -0.39 is 4.92 Å². The first-order valence-corrected chi connectivity index (χ1v) is 11.4. The van der Waals surface area contributed by atoms with E-state index in [1.807, 2.05) is 0 Å². The largest absolute Gasteiger partial charge is 0.493 e. The monoisotopic (exact) mass is 472 g/mol. The predicted molar refractivity (Wildman–Crippen MR) is 124 cm³/mol. The Kier molecular flexibility index (Phi) is 6.59. The number of thiophene rings is 1. The first kappa shape index (κ1) is 22.7. The number of hydrogen-bond donors (Lipinski definition) is 2. The molecule has 0 atom stereocenters. The van der Waals surface area contributed by atoms with Crippen molar-refractivity contribution in [3.05, 3.63) is 54.4 Å². The minimum Gasteiger partial charge on any atom is -0.493 e. The number of nitro benzene ring substituents is 1. The molecule has 2 aromatic heterocycles. The van der Waals surface area contributed by atoms with Crippen LogP contribution < -0.4 is 20.3 Å². The number of methoxy groups -OCH3 is 2. The SMILES string of the molecule is COc1cc(CCNC(=O)CCc2nc3sc4c(c3c(=O)[nH]2)CCC4)c([N+](=O)[O-])cc1OC. The molecule has 33 heavy (non-hydrogen) atoms. The topological polar surface area (TPSA) is 136 Å². The molecular weight excluding hydrogens is 448 g/mol. The van der Waals surface area contributed by atoms with E-state index in [-0.39, 0.29) is 42.3 Å². The standard InChI is InChI=1S/C22H24N4O6S/c1-31-15-10-12(14(26(29)30)11-16(15)32-2)8-9-23-19(27)7-6-18-24-21(28)20-13-4-3-5-17(13)33-22(20)25-18/h10-11H,3-9H2,1-2H3,(H,23,27)(H,24,25,28). The fraction of sp³-hybridized carbons (Fsp3) is 0.409. The van der Waals surface area contributed by atoms with Gasteiger partial charge in [-0.1, -0.05) is 0 Å². The summed E-state index contributed by atoms with van der Waals surface area (Å²) in [6.45, 7) is 0.218. The van der Waals surface area contributed by atoms with E-state index in [1.54, 1.807) is 17.4 Å². The second-order valence-corrected chi connectivity index (χ2v) is 8.83. The molecule has 4 rings (SSSR count). The van der Waals surface area contributed by atoms with E-state index >= 15 is 0 Å². The number of nitrogens with one attached hydrogen (secondary N) is 2. The number of benzene rings is 1. The molecular formula is C22H24N4O6S. The van der Waals surface area contributed by atoms with Gasteiger partial charge < -0.3 is 19.8 Å². The molecule has 0 fully saturated rings. The zero-order valence-electron chi connectivity index (χ0n) is 18.4. The third kappa shape index (κ3) is 4.68. The van der Waals surface area contributed by atoms with E-state index in [0.717, 1.165) is 29.7 Å². The van der Waals surface area contributed by atoms with Crippen LogP contribution in [0.4, 0.5) is 5.69 Å². The molecule has 0 saturated carbocycles. The highest BCUT2D eigenvalue weighted by atomic mass is 32.1.